The highest BCUT2D eigenvalue weighted by molar-refractivity contribution is 9.11. The van der Waals surface area contributed by atoms with Crippen molar-refractivity contribution in [3.05, 3.63) is 38.8 Å². The second-order valence-corrected chi connectivity index (χ2v) is 9.64. The molecule has 0 aliphatic carbocycles. The zero-order valence-electron chi connectivity index (χ0n) is 19.8. The van der Waals surface area contributed by atoms with E-state index in [2.05, 4.69) is 75.9 Å². The second kappa shape index (κ2) is 15.4. The molecule has 0 saturated carbocycles. The van der Waals surface area contributed by atoms with Gasteiger partial charge in [-0.1, -0.05) is 33.8 Å². The summed E-state index contributed by atoms with van der Waals surface area (Å²) >= 11 is 7.21. The second-order valence-electron chi connectivity index (χ2n) is 7.93. The van der Waals surface area contributed by atoms with Crippen LogP contribution in [0.2, 0.25) is 0 Å². The molecule has 2 N–H and O–H groups in total. The molecule has 3 atom stereocenters. The van der Waals surface area contributed by atoms with Crippen molar-refractivity contribution in [2.75, 3.05) is 26.4 Å². The van der Waals surface area contributed by atoms with Gasteiger partial charge in [-0.05, 0) is 68.3 Å². The van der Waals surface area contributed by atoms with Crippen molar-refractivity contribution >= 4 is 50.8 Å². The molecule has 1 aromatic rings. The maximum absolute atomic E-state index is 11.3. The summed E-state index contributed by atoms with van der Waals surface area (Å²) < 4.78 is 21.7. The van der Waals surface area contributed by atoms with Crippen molar-refractivity contribution in [3.63, 3.8) is 0 Å². The molecule has 0 fully saturated rings. The number of hydrogen-bond acceptors (Lipinski definition) is 6. The Morgan fingerprint density at radius 2 is 1.88 bits per heavy atom. The number of esters is 1. The van der Waals surface area contributed by atoms with Gasteiger partial charge in [-0.2, -0.15) is 0 Å². The van der Waals surface area contributed by atoms with Crippen molar-refractivity contribution in [1.82, 2.24) is 9.98 Å². The van der Waals surface area contributed by atoms with Gasteiger partial charge in [0.15, 0.2) is 0 Å². The SMILES string of the molecule is C=[N+]=CC(c1cc(Br)c(OCCOC(O)NCCOC(=O)C(=C)C)c(Br)c1)C(CC)C(C)C. The summed E-state index contributed by atoms with van der Waals surface area (Å²) in [5.74, 6) is 1.27. The molecule has 3 unspecified atom stereocenters. The fourth-order valence-corrected chi connectivity index (χ4v) is 4.87. The van der Waals surface area contributed by atoms with E-state index in [1.165, 1.54) is 0 Å². The number of carbonyl (C=O) groups excluding carboxylic acids is 1. The molecule has 7 nitrogen and oxygen atoms in total. The number of rotatable bonds is 15. The monoisotopic (exact) mass is 589 g/mol. The maximum atomic E-state index is 11.3. The first-order valence-electron chi connectivity index (χ1n) is 10.9. The molecule has 0 aliphatic rings. The molecule has 0 aliphatic heterocycles. The number of nitrogens with one attached hydrogen (secondary N) is 1. The number of aliphatic hydroxyl groups excluding tert-OH is 1. The van der Waals surface area contributed by atoms with Gasteiger partial charge in [-0.25, -0.2) is 4.79 Å². The molecule has 0 radical (unpaired) electrons. The summed E-state index contributed by atoms with van der Waals surface area (Å²) in [5.41, 5.74) is 1.45. The first-order valence-corrected chi connectivity index (χ1v) is 12.5. The number of carbonyl (C=O) groups is 1. The van der Waals surface area contributed by atoms with Gasteiger partial charge in [0.05, 0.1) is 21.5 Å². The van der Waals surface area contributed by atoms with Gasteiger partial charge in [0.25, 0.3) is 12.9 Å². The van der Waals surface area contributed by atoms with E-state index in [0.717, 1.165) is 20.9 Å². The molecule has 0 aromatic heterocycles. The molecule has 1 rings (SSSR count). The lowest BCUT2D eigenvalue weighted by Crippen LogP contribution is -2.35. The van der Waals surface area contributed by atoms with Crippen molar-refractivity contribution in [1.29, 1.82) is 0 Å². The fraction of sp³-hybridized carbons (Fsp3) is 0.542. The van der Waals surface area contributed by atoms with Crippen LogP contribution in [-0.2, 0) is 14.3 Å². The third-order valence-corrected chi connectivity index (χ3v) is 6.25. The van der Waals surface area contributed by atoms with Gasteiger partial charge in [-0.15, -0.1) is 4.67 Å². The number of nitrogens with zero attached hydrogens (tertiary/aromatic N) is 1. The molecule has 33 heavy (non-hydrogen) atoms. The largest absolute Gasteiger partial charge is 0.489 e. The van der Waals surface area contributed by atoms with E-state index in [9.17, 15) is 9.90 Å². The van der Waals surface area contributed by atoms with E-state index in [0.29, 0.717) is 23.2 Å². The van der Waals surface area contributed by atoms with Gasteiger partial charge in [0.1, 0.15) is 19.0 Å². The lowest BCUT2D eigenvalue weighted by Gasteiger charge is -2.25. The molecular weight excluding hydrogens is 556 g/mol. The smallest absolute Gasteiger partial charge is 0.333 e. The van der Waals surface area contributed by atoms with Crippen LogP contribution in [0, 0.1) is 11.8 Å². The molecule has 0 bridgehead atoms. The van der Waals surface area contributed by atoms with E-state index in [1.807, 2.05) is 18.3 Å². The minimum atomic E-state index is -1.20. The minimum absolute atomic E-state index is 0.102. The summed E-state index contributed by atoms with van der Waals surface area (Å²) in [6.07, 6.45) is 1.74. The molecule has 184 valence electrons. The van der Waals surface area contributed by atoms with Crippen LogP contribution in [0.5, 0.6) is 5.75 Å². The average molecular weight is 591 g/mol. The highest BCUT2D eigenvalue weighted by Gasteiger charge is 2.28. The Balaban J connectivity index is 2.61. The highest BCUT2D eigenvalue weighted by Crippen LogP contribution is 2.39. The molecule has 9 heteroatoms. The zero-order valence-corrected chi connectivity index (χ0v) is 22.9. The van der Waals surface area contributed by atoms with Crippen molar-refractivity contribution in [2.45, 2.75) is 46.4 Å². The van der Waals surface area contributed by atoms with Crippen LogP contribution in [0.3, 0.4) is 0 Å². The van der Waals surface area contributed by atoms with Gasteiger partial charge in [-0.3, -0.25) is 5.32 Å². The van der Waals surface area contributed by atoms with Crippen LogP contribution in [0.25, 0.3) is 0 Å². The summed E-state index contributed by atoms with van der Waals surface area (Å²) in [4.78, 5) is 11.3. The number of halogens is 2. The Bertz CT molecular complexity index is 817. The molecule has 0 amide bonds. The summed E-state index contributed by atoms with van der Waals surface area (Å²) in [6, 6.07) is 4.09. The van der Waals surface area contributed by atoms with E-state index in [1.54, 1.807) is 6.92 Å². The summed E-state index contributed by atoms with van der Waals surface area (Å²) in [6.45, 7) is 16.1. The topological polar surface area (TPSA) is 91.1 Å². The predicted molar refractivity (Wildman–Crippen MR) is 140 cm³/mol. The third-order valence-electron chi connectivity index (χ3n) is 5.07. The van der Waals surface area contributed by atoms with Gasteiger partial charge < -0.3 is 19.3 Å². The van der Waals surface area contributed by atoms with Gasteiger partial charge >= 0.3 is 5.97 Å². The van der Waals surface area contributed by atoms with E-state index in [-0.39, 0.29) is 32.3 Å². The number of ether oxygens (including phenoxy) is 3. The Morgan fingerprint density at radius 1 is 1.24 bits per heavy atom. The first-order chi connectivity index (χ1) is 15.6. The Labute approximate surface area is 213 Å². The van der Waals surface area contributed by atoms with Gasteiger partial charge in [0.2, 0.25) is 6.41 Å². The van der Waals surface area contributed by atoms with Crippen molar-refractivity contribution in [2.24, 2.45) is 11.8 Å². The lowest BCUT2D eigenvalue weighted by atomic mass is 9.78. The van der Waals surface area contributed by atoms with Crippen LogP contribution < -0.4 is 14.7 Å². The number of aliphatic hydroxyl groups is 1. The molecule has 0 heterocycles. The van der Waals surface area contributed by atoms with Crippen LogP contribution in [0.15, 0.2) is 33.2 Å². The lowest BCUT2D eigenvalue weighted by molar-refractivity contribution is -0.142. The van der Waals surface area contributed by atoms with E-state index >= 15 is 0 Å². The van der Waals surface area contributed by atoms with E-state index in [4.69, 9.17) is 14.2 Å². The number of benzene rings is 1. The van der Waals surface area contributed by atoms with Crippen LogP contribution in [0.1, 0.15) is 45.6 Å². The predicted octanol–water partition coefficient (Wildman–Crippen LogP) is 4.20. The first kappa shape index (κ1) is 29.6. The normalized spacial score (nSPS) is 13.7. The standard InChI is InChI=1S/C24H35Br2N2O5/c1-7-18(15(2)3)19(14-27-6)17-12-20(25)22(21(26)13-17)31-10-11-33-24(30)28-8-9-32-23(29)16(4)5/h12-15,18-19,24,28,30H,4,6-11H2,1-3,5H3/q+1. The van der Waals surface area contributed by atoms with Crippen LogP contribution in [0.4, 0.5) is 0 Å². The molecule has 0 saturated heterocycles. The van der Waals surface area contributed by atoms with Crippen molar-refractivity contribution in [3.8, 4) is 5.75 Å². The van der Waals surface area contributed by atoms with Crippen LogP contribution >= 0.6 is 31.9 Å². The Hall–Kier alpha value is -1.48. The Morgan fingerprint density at radius 3 is 2.39 bits per heavy atom. The quantitative estimate of drug-likeness (QED) is 0.0795. The van der Waals surface area contributed by atoms with Crippen molar-refractivity contribution < 1.29 is 24.1 Å². The minimum Gasteiger partial charge on any atom is -0.489 e. The van der Waals surface area contributed by atoms with Crippen LogP contribution in [-0.4, -0.2) is 56.8 Å². The van der Waals surface area contributed by atoms with Gasteiger partial charge in [0, 0.05) is 12.1 Å². The molecule has 1 aromatic carbocycles. The average Bonchev–Trinajstić information content (AvgIpc) is 2.74. The summed E-state index contributed by atoms with van der Waals surface area (Å²) in [7, 11) is 0. The zero-order chi connectivity index (χ0) is 25.0. The highest BCUT2D eigenvalue weighted by atomic mass is 79.9. The van der Waals surface area contributed by atoms with E-state index < -0.39 is 12.4 Å². The Kier molecular flexibility index (Phi) is 13.8. The fourth-order valence-electron chi connectivity index (χ4n) is 3.42. The maximum Gasteiger partial charge on any atom is 0.333 e. The number of hydrogen-bond donors (Lipinski definition) is 2. The molecular formula is C24H35Br2N2O5+. The third kappa shape index (κ3) is 10.1. The summed E-state index contributed by atoms with van der Waals surface area (Å²) in [5, 5.41) is 12.5. The molecule has 0 spiro atoms.